The Bertz CT molecular complexity index is 915. The number of carbonyl (C=O) groups is 1. The van der Waals surface area contributed by atoms with Gasteiger partial charge in [-0.25, -0.2) is 9.50 Å². The quantitative estimate of drug-likeness (QED) is 0.666. The summed E-state index contributed by atoms with van der Waals surface area (Å²) in [5.74, 6) is 0.776. The largest absolute Gasteiger partial charge is 0.332 e. The van der Waals surface area contributed by atoms with Gasteiger partial charge in [-0.15, -0.1) is 0 Å². The van der Waals surface area contributed by atoms with Crippen LogP contribution in [0.5, 0.6) is 0 Å². The van der Waals surface area contributed by atoms with Crippen molar-refractivity contribution in [1.82, 2.24) is 19.5 Å². The molecule has 5 nitrogen and oxygen atoms in total. The number of likely N-dealkylation sites (tertiary alicyclic amines) is 1. The van der Waals surface area contributed by atoms with Gasteiger partial charge in [-0.05, 0) is 51.5 Å². The standard InChI is InChI=1S/C25H38N4O/c1-24(2,3)21-16-19(15-18-11-7-6-8-12-18)26-22-17-20(27-29(21)22)23(30)28-14-10-9-13-25(28,4)5/h16-18H,6-15H2,1-5H3. The van der Waals surface area contributed by atoms with Gasteiger partial charge in [-0.2, -0.15) is 5.10 Å². The Morgan fingerprint density at radius 2 is 1.83 bits per heavy atom. The lowest BCUT2D eigenvalue weighted by molar-refractivity contribution is 0.0427. The molecule has 1 saturated carbocycles. The topological polar surface area (TPSA) is 50.5 Å². The molecule has 0 radical (unpaired) electrons. The Kier molecular flexibility index (Phi) is 5.67. The molecular formula is C25H38N4O. The number of hydrogen-bond acceptors (Lipinski definition) is 3. The van der Waals surface area contributed by atoms with E-state index in [9.17, 15) is 4.79 Å². The Hall–Kier alpha value is -1.91. The summed E-state index contributed by atoms with van der Waals surface area (Å²) in [5, 5.41) is 4.77. The van der Waals surface area contributed by atoms with Crippen molar-refractivity contribution in [3.63, 3.8) is 0 Å². The van der Waals surface area contributed by atoms with E-state index in [1.165, 1.54) is 38.5 Å². The highest BCUT2D eigenvalue weighted by atomic mass is 16.2. The molecule has 5 heteroatoms. The minimum Gasteiger partial charge on any atom is -0.332 e. The fourth-order valence-electron chi connectivity index (χ4n) is 5.24. The first-order valence-corrected chi connectivity index (χ1v) is 11.9. The van der Waals surface area contributed by atoms with Crippen LogP contribution in [0, 0.1) is 5.92 Å². The van der Waals surface area contributed by atoms with Crippen molar-refractivity contribution in [3.8, 4) is 0 Å². The van der Waals surface area contributed by atoms with Crippen LogP contribution in [0.3, 0.4) is 0 Å². The van der Waals surface area contributed by atoms with E-state index in [4.69, 9.17) is 10.1 Å². The van der Waals surface area contributed by atoms with E-state index in [1.807, 2.05) is 15.5 Å². The summed E-state index contributed by atoms with van der Waals surface area (Å²) in [6.07, 6.45) is 11.0. The molecule has 0 unspecified atom stereocenters. The van der Waals surface area contributed by atoms with Crippen LogP contribution < -0.4 is 0 Å². The summed E-state index contributed by atoms with van der Waals surface area (Å²) in [5.41, 5.74) is 3.44. The number of amides is 1. The maximum Gasteiger partial charge on any atom is 0.274 e. The van der Waals surface area contributed by atoms with Gasteiger partial charge in [0.2, 0.25) is 0 Å². The lowest BCUT2D eigenvalue weighted by atomic mass is 9.85. The van der Waals surface area contributed by atoms with Crippen LogP contribution in [0.1, 0.15) is 108 Å². The molecule has 0 spiro atoms. The first-order valence-electron chi connectivity index (χ1n) is 11.9. The van der Waals surface area contributed by atoms with Crippen LogP contribution in [0.25, 0.3) is 5.65 Å². The van der Waals surface area contributed by atoms with Crippen molar-refractivity contribution in [1.29, 1.82) is 0 Å². The highest BCUT2D eigenvalue weighted by molar-refractivity contribution is 5.94. The summed E-state index contributed by atoms with van der Waals surface area (Å²) in [4.78, 5) is 20.3. The molecule has 30 heavy (non-hydrogen) atoms. The van der Waals surface area contributed by atoms with E-state index in [1.54, 1.807) is 0 Å². The van der Waals surface area contributed by atoms with Crippen LogP contribution in [0.4, 0.5) is 0 Å². The van der Waals surface area contributed by atoms with Crippen LogP contribution in [-0.2, 0) is 11.8 Å². The third kappa shape index (κ3) is 4.26. The number of nitrogens with zero attached hydrogens (tertiary/aromatic N) is 4. The van der Waals surface area contributed by atoms with Crippen molar-refractivity contribution in [3.05, 3.63) is 29.2 Å². The monoisotopic (exact) mass is 410 g/mol. The Morgan fingerprint density at radius 3 is 2.50 bits per heavy atom. The van der Waals surface area contributed by atoms with E-state index in [-0.39, 0.29) is 16.9 Å². The van der Waals surface area contributed by atoms with Crippen LogP contribution in [0.2, 0.25) is 0 Å². The fourth-order valence-corrected chi connectivity index (χ4v) is 5.24. The molecule has 1 saturated heterocycles. The Morgan fingerprint density at radius 1 is 1.10 bits per heavy atom. The second kappa shape index (κ2) is 7.97. The minimum atomic E-state index is -0.114. The predicted molar refractivity (Wildman–Crippen MR) is 121 cm³/mol. The van der Waals surface area contributed by atoms with Gasteiger partial charge >= 0.3 is 0 Å². The number of carbonyl (C=O) groups excluding carboxylic acids is 1. The van der Waals surface area contributed by atoms with Crippen LogP contribution in [-0.4, -0.2) is 37.5 Å². The Balaban J connectivity index is 1.70. The van der Waals surface area contributed by atoms with Gasteiger partial charge in [-0.1, -0.05) is 52.9 Å². The average molecular weight is 411 g/mol. The molecule has 1 aliphatic heterocycles. The summed E-state index contributed by atoms with van der Waals surface area (Å²) >= 11 is 0. The highest BCUT2D eigenvalue weighted by Gasteiger charge is 2.35. The van der Waals surface area contributed by atoms with E-state index in [0.29, 0.717) is 5.69 Å². The normalized spacial score (nSPS) is 20.6. The lowest BCUT2D eigenvalue weighted by Gasteiger charge is -2.42. The zero-order valence-corrected chi connectivity index (χ0v) is 19.5. The molecule has 0 aromatic carbocycles. The van der Waals surface area contributed by atoms with Crippen molar-refractivity contribution in [2.45, 2.75) is 103 Å². The fraction of sp³-hybridized carbons (Fsp3) is 0.720. The number of hydrogen-bond donors (Lipinski definition) is 0. The van der Waals surface area contributed by atoms with Gasteiger partial charge in [0, 0.05) is 29.3 Å². The van der Waals surface area contributed by atoms with E-state index in [2.05, 4.69) is 40.7 Å². The van der Waals surface area contributed by atoms with Crippen molar-refractivity contribution < 1.29 is 4.79 Å². The van der Waals surface area contributed by atoms with Gasteiger partial charge in [0.1, 0.15) is 0 Å². The third-order valence-corrected chi connectivity index (χ3v) is 7.09. The van der Waals surface area contributed by atoms with Gasteiger partial charge in [0.05, 0.1) is 5.69 Å². The van der Waals surface area contributed by atoms with Crippen molar-refractivity contribution >= 4 is 11.6 Å². The molecule has 2 fully saturated rings. The molecule has 2 aliphatic rings. The first-order chi connectivity index (χ1) is 14.1. The zero-order chi connectivity index (χ0) is 21.5. The maximum atomic E-state index is 13.4. The summed E-state index contributed by atoms with van der Waals surface area (Å²) < 4.78 is 1.91. The molecule has 3 heterocycles. The molecule has 2 aromatic rings. The highest BCUT2D eigenvalue weighted by Crippen LogP contribution is 2.31. The van der Waals surface area contributed by atoms with Crippen molar-refractivity contribution in [2.24, 2.45) is 5.92 Å². The van der Waals surface area contributed by atoms with Gasteiger partial charge in [0.15, 0.2) is 11.3 Å². The molecule has 0 N–H and O–H groups in total. The molecular weight excluding hydrogens is 372 g/mol. The summed E-state index contributed by atoms with van der Waals surface area (Å²) in [6, 6.07) is 4.14. The number of aromatic nitrogens is 3. The van der Waals surface area contributed by atoms with Crippen LogP contribution in [0.15, 0.2) is 12.1 Å². The molecule has 1 amide bonds. The molecule has 4 rings (SSSR count). The summed E-state index contributed by atoms with van der Waals surface area (Å²) in [6.45, 7) is 11.8. The molecule has 0 atom stereocenters. The second-order valence-electron chi connectivity index (χ2n) is 11.1. The lowest BCUT2D eigenvalue weighted by Crippen LogP contribution is -2.50. The third-order valence-electron chi connectivity index (χ3n) is 7.09. The van der Waals surface area contributed by atoms with Gasteiger partial charge in [0.25, 0.3) is 5.91 Å². The predicted octanol–water partition coefficient (Wildman–Crippen LogP) is 5.55. The molecule has 2 aromatic heterocycles. The number of piperidine rings is 1. The minimum absolute atomic E-state index is 0.0406. The maximum absolute atomic E-state index is 13.4. The van der Waals surface area contributed by atoms with E-state index in [0.717, 1.165) is 48.8 Å². The van der Waals surface area contributed by atoms with Crippen molar-refractivity contribution in [2.75, 3.05) is 6.54 Å². The van der Waals surface area contributed by atoms with Gasteiger partial charge in [-0.3, -0.25) is 4.79 Å². The second-order valence-corrected chi connectivity index (χ2v) is 11.1. The molecule has 0 bridgehead atoms. The molecule has 1 aliphatic carbocycles. The Labute approximate surface area is 181 Å². The number of fused-ring (bicyclic) bond motifs is 1. The molecule has 164 valence electrons. The van der Waals surface area contributed by atoms with E-state index >= 15 is 0 Å². The van der Waals surface area contributed by atoms with E-state index < -0.39 is 0 Å². The average Bonchev–Trinajstić information content (AvgIpc) is 3.10. The van der Waals surface area contributed by atoms with Gasteiger partial charge < -0.3 is 4.90 Å². The smallest absolute Gasteiger partial charge is 0.274 e. The SMILES string of the molecule is CC(C)(C)c1cc(CC2CCCCC2)nc2cc(C(=O)N3CCCCC3(C)C)nn12. The number of rotatable bonds is 3. The first kappa shape index (κ1) is 21.3. The zero-order valence-electron chi connectivity index (χ0n) is 19.5. The summed E-state index contributed by atoms with van der Waals surface area (Å²) in [7, 11) is 0. The van der Waals surface area contributed by atoms with Crippen LogP contribution >= 0.6 is 0 Å².